The quantitative estimate of drug-likeness (QED) is 0.647. The second-order valence-electron chi connectivity index (χ2n) is 5.38. The van der Waals surface area contributed by atoms with E-state index in [9.17, 15) is 10.1 Å². The number of amides is 1. The molecule has 0 fully saturated rings. The number of carbonyl (C=O) groups is 1. The van der Waals surface area contributed by atoms with Crippen molar-refractivity contribution in [2.45, 2.75) is 53.1 Å². The second kappa shape index (κ2) is 8.05. The highest BCUT2D eigenvalue weighted by Gasteiger charge is 2.14. The Morgan fingerprint density at radius 1 is 1.45 bits per heavy atom. The van der Waals surface area contributed by atoms with E-state index >= 15 is 0 Å². The number of nitrogens with zero attached hydrogens (tertiary/aromatic N) is 3. The van der Waals surface area contributed by atoms with Crippen molar-refractivity contribution in [3.63, 3.8) is 0 Å². The van der Waals surface area contributed by atoms with Gasteiger partial charge in [0.1, 0.15) is 11.6 Å². The SMILES string of the molecule is CCCn1c(C)cc(/C=C(\C#N)C(=O)N[C@@H](C)CC#N)c1C. The molecule has 0 bridgehead atoms. The third kappa shape index (κ3) is 4.23. The Hall–Kier alpha value is -2.53. The summed E-state index contributed by atoms with van der Waals surface area (Å²) < 4.78 is 2.18. The standard InChI is InChI=1S/C17H22N4O/c1-5-8-21-13(3)9-15(14(21)4)10-16(11-19)17(22)20-12(2)6-7-18/h9-10,12H,5-6,8H2,1-4H3,(H,20,22)/b16-10+/t12-/m0/s1. The molecule has 116 valence electrons. The Morgan fingerprint density at radius 3 is 2.68 bits per heavy atom. The largest absolute Gasteiger partial charge is 0.349 e. The summed E-state index contributed by atoms with van der Waals surface area (Å²) in [6.07, 6.45) is 2.86. The number of aromatic nitrogens is 1. The summed E-state index contributed by atoms with van der Waals surface area (Å²) in [5, 5.41) is 20.5. The van der Waals surface area contributed by atoms with Gasteiger partial charge in [-0.3, -0.25) is 4.79 Å². The molecule has 0 spiro atoms. The van der Waals surface area contributed by atoms with E-state index in [4.69, 9.17) is 5.26 Å². The third-order valence-corrected chi connectivity index (χ3v) is 3.50. The predicted molar refractivity (Wildman–Crippen MR) is 85.6 cm³/mol. The highest BCUT2D eigenvalue weighted by atomic mass is 16.1. The lowest BCUT2D eigenvalue weighted by Crippen LogP contribution is -2.33. The molecule has 0 aliphatic heterocycles. The fourth-order valence-corrected chi connectivity index (χ4v) is 2.34. The number of rotatable bonds is 6. The first-order chi connectivity index (χ1) is 10.4. The molecular weight excluding hydrogens is 276 g/mol. The van der Waals surface area contributed by atoms with Crippen LogP contribution in [0.3, 0.4) is 0 Å². The summed E-state index contributed by atoms with van der Waals surface area (Å²) in [5.41, 5.74) is 3.10. The maximum absolute atomic E-state index is 12.1. The Labute approximate surface area is 131 Å². The maximum Gasteiger partial charge on any atom is 0.262 e. The number of nitrogens with one attached hydrogen (secondary N) is 1. The second-order valence-corrected chi connectivity index (χ2v) is 5.38. The summed E-state index contributed by atoms with van der Waals surface area (Å²) in [5.74, 6) is -0.439. The summed E-state index contributed by atoms with van der Waals surface area (Å²) in [6.45, 7) is 8.77. The summed E-state index contributed by atoms with van der Waals surface area (Å²) in [6, 6.07) is 5.64. The molecule has 1 heterocycles. The Bertz CT molecular complexity index is 655. The van der Waals surface area contributed by atoms with Crippen LogP contribution in [0.15, 0.2) is 11.6 Å². The lowest BCUT2D eigenvalue weighted by Gasteiger charge is -2.09. The number of aryl methyl sites for hydroxylation is 1. The van der Waals surface area contributed by atoms with E-state index in [2.05, 4.69) is 16.8 Å². The lowest BCUT2D eigenvalue weighted by molar-refractivity contribution is -0.117. The zero-order valence-electron chi connectivity index (χ0n) is 13.6. The first-order valence-electron chi connectivity index (χ1n) is 7.40. The van der Waals surface area contributed by atoms with Crippen molar-refractivity contribution in [1.29, 1.82) is 10.5 Å². The molecule has 22 heavy (non-hydrogen) atoms. The third-order valence-electron chi connectivity index (χ3n) is 3.50. The Kier molecular flexibility index (Phi) is 6.41. The fourth-order valence-electron chi connectivity index (χ4n) is 2.34. The number of carbonyl (C=O) groups excluding carboxylic acids is 1. The molecule has 0 aromatic carbocycles. The van der Waals surface area contributed by atoms with Gasteiger partial charge in [0.2, 0.25) is 0 Å². The van der Waals surface area contributed by atoms with Gasteiger partial charge in [0.15, 0.2) is 0 Å². The van der Waals surface area contributed by atoms with Crippen LogP contribution in [0, 0.1) is 36.5 Å². The summed E-state index contributed by atoms with van der Waals surface area (Å²) in [7, 11) is 0. The van der Waals surface area contributed by atoms with E-state index in [0.29, 0.717) is 0 Å². The molecule has 1 aromatic rings. The first-order valence-corrected chi connectivity index (χ1v) is 7.40. The smallest absolute Gasteiger partial charge is 0.262 e. The molecule has 1 aromatic heterocycles. The zero-order chi connectivity index (χ0) is 16.7. The zero-order valence-corrected chi connectivity index (χ0v) is 13.6. The van der Waals surface area contributed by atoms with Gasteiger partial charge in [-0.25, -0.2) is 0 Å². The van der Waals surface area contributed by atoms with Crippen LogP contribution in [-0.4, -0.2) is 16.5 Å². The van der Waals surface area contributed by atoms with Crippen LogP contribution in [0.25, 0.3) is 6.08 Å². The van der Waals surface area contributed by atoms with Gasteiger partial charge in [-0.1, -0.05) is 6.92 Å². The average molecular weight is 298 g/mol. The topological polar surface area (TPSA) is 81.6 Å². The maximum atomic E-state index is 12.1. The van der Waals surface area contributed by atoms with Gasteiger partial charge >= 0.3 is 0 Å². The molecule has 1 amide bonds. The normalized spacial score (nSPS) is 12.4. The molecule has 1 rings (SSSR count). The fraction of sp³-hybridized carbons (Fsp3) is 0.471. The number of hydrogen-bond acceptors (Lipinski definition) is 3. The van der Waals surface area contributed by atoms with Gasteiger partial charge in [-0.15, -0.1) is 0 Å². The van der Waals surface area contributed by atoms with Crippen LogP contribution in [0.2, 0.25) is 0 Å². The Morgan fingerprint density at radius 2 is 2.14 bits per heavy atom. The molecule has 0 radical (unpaired) electrons. The Balaban J connectivity index is 3.03. The monoisotopic (exact) mass is 298 g/mol. The van der Waals surface area contributed by atoms with Crippen LogP contribution in [0.1, 0.15) is 43.6 Å². The molecular formula is C17H22N4O. The van der Waals surface area contributed by atoms with E-state index in [0.717, 1.165) is 29.9 Å². The van der Waals surface area contributed by atoms with E-state index < -0.39 is 5.91 Å². The van der Waals surface area contributed by atoms with Gasteiger partial charge in [-0.05, 0) is 44.9 Å². The van der Waals surface area contributed by atoms with Crippen LogP contribution in [-0.2, 0) is 11.3 Å². The van der Waals surface area contributed by atoms with Crippen molar-refractivity contribution in [3.8, 4) is 12.1 Å². The summed E-state index contributed by atoms with van der Waals surface area (Å²) >= 11 is 0. The van der Waals surface area contributed by atoms with Gasteiger partial charge in [0.05, 0.1) is 12.5 Å². The van der Waals surface area contributed by atoms with Crippen LogP contribution < -0.4 is 5.32 Å². The van der Waals surface area contributed by atoms with E-state index in [1.165, 1.54) is 0 Å². The lowest BCUT2D eigenvalue weighted by atomic mass is 10.1. The molecule has 0 saturated carbocycles. The van der Waals surface area contributed by atoms with Crippen LogP contribution in [0.5, 0.6) is 0 Å². The predicted octanol–water partition coefficient (Wildman–Crippen LogP) is 2.84. The van der Waals surface area contributed by atoms with Gasteiger partial charge in [0, 0.05) is 24.0 Å². The molecule has 0 aliphatic carbocycles. The highest BCUT2D eigenvalue weighted by Crippen LogP contribution is 2.18. The minimum Gasteiger partial charge on any atom is -0.349 e. The van der Waals surface area contributed by atoms with Crippen LogP contribution >= 0.6 is 0 Å². The van der Waals surface area contributed by atoms with E-state index in [1.807, 2.05) is 32.1 Å². The minimum atomic E-state index is -0.439. The van der Waals surface area contributed by atoms with Crippen molar-refractivity contribution in [2.24, 2.45) is 0 Å². The van der Waals surface area contributed by atoms with Crippen molar-refractivity contribution in [3.05, 3.63) is 28.6 Å². The minimum absolute atomic E-state index is 0.0570. The van der Waals surface area contributed by atoms with Crippen molar-refractivity contribution in [2.75, 3.05) is 0 Å². The highest BCUT2D eigenvalue weighted by molar-refractivity contribution is 6.02. The number of hydrogen-bond donors (Lipinski definition) is 1. The molecule has 1 N–H and O–H groups in total. The van der Waals surface area contributed by atoms with Crippen molar-refractivity contribution in [1.82, 2.24) is 9.88 Å². The van der Waals surface area contributed by atoms with Gasteiger partial charge in [0.25, 0.3) is 5.91 Å². The molecule has 0 saturated heterocycles. The van der Waals surface area contributed by atoms with E-state index in [-0.39, 0.29) is 18.0 Å². The van der Waals surface area contributed by atoms with Gasteiger partial charge < -0.3 is 9.88 Å². The molecule has 0 aliphatic rings. The van der Waals surface area contributed by atoms with Crippen molar-refractivity contribution >= 4 is 12.0 Å². The average Bonchev–Trinajstić information content (AvgIpc) is 2.72. The number of nitriles is 2. The summed E-state index contributed by atoms with van der Waals surface area (Å²) in [4.78, 5) is 12.1. The van der Waals surface area contributed by atoms with Crippen LogP contribution in [0.4, 0.5) is 0 Å². The first kappa shape index (κ1) is 17.5. The van der Waals surface area contributed by atoms with E-state index in [1.54, 1.807) is 13.0 Å². The molecule has 0 unspecified atom stereocenters. The molecule has 5 nitrogen and oxygen atoms in total. The van der Waals surface area contributed by atoms with Gasteiger partial charge in [-0.2, -0.15) is 10.5 Å². The van der Waals surface area contributed by atoms with Crippen molar-refractivity contribution < 1.29 is 4.79 Å². The molecule has 1 atom stereocenters. The molecule has 5 heteroatoms.